The maximum Gasteiger partial charge on any atom is 0.265 e. The zero-order valence-corrected chi connectivity index (χ0v) is 17.8. The fourth-order valence-corrected chi connectivity index (χ4v) is 4.53. The summed E-state index contributed by atoms with van der Waals surface area (Å²) in [5.74, 6) is 0.164. The summed E-state index contributed by atoms with van der Waals surface area (Å²) in [5.41, 5.74) is 1.03. The number of halogens is 2. The van der Waals surface area contributed by atoms with Gasteiger partial charge in [0.2, 0.25) is 5.91 Å². The van der Waals surface area contributed by atoms with Gasteiger partial charge in [0.25, 0.3) is 5.91 Å². The summed E-state index contributed by atoms with van der Waals surface area (Å²) in [6.07, 6.45) is 3.57. The van der Waals surface area contributed by atoms with Crippen LogP contribution in [0.5, 0.6) is 0 Å². The summed E-state index contributed by atoms with van der Waals surface area (Å²) in [7, 11) is 0. The summed E-state index contributed by atoms with van der Waals surface area (Å²) >= 11 is 1.43. The molecule has 2 saturated heterocycles. The Morgan fingerprint density at radius 2 is 1.96 bits per heavy atom. The molecule has 1 aromatic heterocycles. The van der Waals surface area contributed by atoms with Gasteiger partial charge >= 0.3 is 0 Å². The Kier molecular flexibility index (Phi) is 8.24. The lowest BCUT2D eigenvalue weighted by Crippen LogP contribution is -2.57. The van der Waals surface area contributed by atoms with Crippen LogP contribution >= 0.6 is 36.2 Å². The largest absolute Gasteiger partial charge is 0.336 e. The number of carbonyl (C=O) groups excluding carboxylic acids is 2. The molecule has 3 heterocycles. The van der Waals surface area contributed by atoms with Crippen LogP contribution < -0.4 is 5.32 Å². The van der Waals surface area contributed by atoms with Gasteiger partial charge in [0.05, 0.1) is 12.7 Å². The third-order valence-electron chi connectivity index (χ3n) is 4.99. The molecule has 0 radical (unpaired) electrons. The fraction of sp³-hybridized carbons (Fsp3) is 0.421. The van der Waals surface area contributed by atoms with Gasteiger partial charge in [0.15, 0.2) is 0 Å². The van der Waals surface area contributed by atoms with Crippen LogP contribution in [0.4, 0.5) is 0 Å². The van der Waals surface area contributed by atoms with Gasteiger partial charge < -0.3 is 15.1 Å². The van der Waals surface area contributed by atoms with Crippen molar-refractivity contribution >= 4 is 48.0 Å². The van der Waals surface area contributed by atoms with Crippen LogP contribution in [0.15, 0.2) is 36.5 Å². The zero-order chi connectivity index (χ0) is 17.9. The number of hydrogen-bond acceptors (Lipinski definition) is 5. The molecular formula is C19H24Cl2N4O2S. The summed E-state index contributed by atoms with van der Waals surface area (Å²) in [6, 6.07) is 10.0. The molecule has 2 aliphatic heterocycles. The highest BCUT2D eigenvalue weighted by molar-refractivity contribution is 7.16. The molecule has 2 amide bonds. The van der Waals surface area contributed by atoms with E-state index in [2.05, 4.69) is 10.3 Å². The average Bonchev–Trinajstić information content (AvgIpc) is 3.19. The maximum atomic E-state index is 12.9. The van der Waals surface area contributed by atoms with E-state index in [1.165, 1.54) is 11.3 Å². The third-order valence-corrected chi connectivity index (χ3v) is 6.02. The fourth-order valence-electron chi connectivity index (χ4n) is 3.64. The monoisotopic (exact) mass is 442 g/mol. The second-order valence-corrected chi connectivity index (χ2v) is 7.74. The number of aromatic nitrogens is 1. The lowest BCUT2D eigenvalue weighted by atomic mass is 10.0. The predicted octanol–water partition coefficient (Wildman–Crippen LogP) is 2.69. The first kappa shape index (κ1) is 22.6. The Morgan fingerprint density at radius 1 is 1.18 bits per heavy atom. The number of nitrogens with one attached hydrogen (secondary N) is 1. The molecule has 1 atom stereocenters. The van der Waals surface area contributed by atoms with Gasteiger partial charge in [-0.15, -0.1) is 36.2 Å². The van der Waals surface area contributed by atoms with Gasteiger partial charge in [-0.2, -0.15) is 0 Å². The number of benzene rings is 1. The lowest BCUT2D eigenvalue weighted by Gasteiger charge is -2.41. The van der Waals surface area contributed by atoms with Gasteiger partial charge in [-0.3, -0.25) is 9.59 Å². The molecule has 152 valence electrons. The van der Waals surface area contributed by atoms with Crippen molar-refractivity contribution in [2.24, 2.45) is 0 Å². The zero-order valence-electron chi connectivity index (χ0n) is 15.4. The number of likely N-dealkylation sites (tertiary alicyclic amines) is 1. The van der Waals surface area contributed by atoms with E-state index in [1.54, 1.807) is 6.20 Å². The molecule has 2 aliphatic rings. The van der Waals surface area contributed by atoms with E-state index in [9.17, 15) is 9.59 Å². The molecule has 1 aromatic carbocycles. The Balaban J connectivity index is 0.00000140. The number of piperazine rings is 1. The normalized spacial score (nSPS) is 19.6. The third kappa shape index (κ3) is 4.84. The number of thiazole rings is 1. The van der Waals surface area contributed by atoms with Crippen molar-refractivity contribution in [1.82, 2.24) is 20.1 Å². The van der Waals surface area contributed by atoms with E-state index < -0.39 is 0 Å². The highest BCUT2D eigenvalue weighted by Crippen LogP contribution is 2.27. The van der Waals surface area contributed by atoms with Gasteiger partial charge in [-0.1, -0.05) is 30.3 Å². The Bertz CT molecular complexity index is 802. The van der Waals surface area contributed by atoms with Crippen molar-refractivity contribution in [3.05, 3.63) is 41.4 Å². The Hall–Kier alpha value is -1.67. The highest BCUT2D eigenvalue weighted by atomic mass is 35.5. The van der Waals surface area contributed by atoms with Crippen LogP contribution in [0.3, 0.4) is 0 Å². The van der Waals surface area contributed by atoms with E-state index in [4.69, 9.17) is 0 Å². The van der Waals surface area contributed by atoms with Crippen LogP contribution in [0.1, 0.15) is 22.5 Å². The molecule has 0 saturated carbocycles. The molecule has 9 heteroatoms. The molecule has 4 rings (SSSR count). The topological polar surface area (TPSA) is 65.5 Å². The van der Waals surface area contributed by atoms with Gasteiger partial charge in [-0.25, -0.2) is 4.98 Å². The van der Waals surface area contributed by atoms with Crippen LogP contribution in [0, 0.1) is 0 Å². The van der Waals surface area contributed by atoms with Gasteiger partial charge in [-0.05, 0) is 12.8 Å². The first-order chi connectivity index (χ1) is 12.7. The van der Waals surface area contributed by atoms with Crippen molar-refractivity contribution in [3.8, 4) is 10.6 Å². The minimum atomic E-state index is 0. The van der Waals surface area contributed by atoms with Crippen LogP contribution in [0.2, 0.25) is 0 Å². The quantitative estimate of drug-likeness (QED) is 0.793. The highest BCUT2D eigenvalue weighted by Gasteiger charge is 2.32. The number of rotatable bonds is 3. The molecule has 1 unspecified atom stereocenters. The predicted molar refractivity (Wildman–Crippen MR) is 116 cm³/mol. The van der Waals surface area contributed by atoms with Crippen molar-refractivity contribution < 1.29 is 9.59 Å². The number of carbonyl (C=O) groups is 2. The molecule has 1 N–H and O–H groups in total. The van der Waals surface area contributed by atoms with E-state index in [0.29, 0.717) is 18.0 Å². The molecule has 6 nitrogen and oxygen atoms in total. The first-order valence-corrected chi connectivity index (χ1v) is 9.85. The molecular weight excluding hydrogens is 419 g/mol. The van der Waals surface area contributed by atoms with E-state index >= 15 is 0 Å². The van der Waals surface area contributed by atoms with Crippen molar-refractivity contribution in [2.75, 3.05) is 32.7 Å². The molecule has 2 fully saturated rings. The summed E-state index contributed by atoms with van der Waals surface area (Å²) < 4.78 is 0. The molecule has 28 heavy (non-hydrogen) atoms. The second kappa shape index (κ2) is 10.2. The minimum Gasteiger partial charge on any atom is -0.336 e. The summed E-state index contributed by atoms with van der Waals surface area (Å²) in [6.45, 7) is 3.31. The number of hydrogen-bond donors (Lipinski definition) is 1. The smallest absolute Gasteiger partial charge is 0.265 e. The number of piperidine rings is 1. The molecule has 0 aliphatic carbocycles. The average molecular weight is 443 g/mol. The van der Waals surface area contributed by atoms with Crippen LogP contribution in [0.25, 0.3) is 10.6 Å². The van der Waals surface area contributed by atoms with E-state index in [1.807, 2.05) is 40.1 Å². The molecule has 2 aromatic rings. The molecule has 0 bridgehead atoms. The number of nitrogens with zero attached hydrogens (tertiary/aromatic N) is 3. The van der Waals surface area contributed by atoms with Crippen molar-refractivity contribution in [2.45, 2.75) is 18.9 Å². The van der Waals surface area contributed by atoms with Gasteiger partial charge in [0.1, 0.15) is 9.88 Å². The minimum absolute atomic E-state index is 0. The summed E-state index contributed by atoms with van der Waals surface area (Å²) in [5, 5.41) is 3.96. The van der Waals surface area contributed by atoms with Crippen LogP contribution in [-0.4, -0.2) is 65.4 Å². The second-order valence-electron chi connectivity index (χ2n) is 6.71. The Labute approximate surface area is 181 Å². The maximum absolute atomic E-state index is 12.9. The Morgan fingerprint density at radius 3 is 2.71 bits per heavy atom. The SMILES string of the molecule is Cl.Cl.O=C(c1cnc(-c2ccccc2)s1)N1CCCC(N2CCNCC2=O)C1. The first-order valence-electron chi connectivity index (χ1n) is 9.03. The standard InChI is InChI=1S/C19H22N4O2S.2ClH/c24-17-12-20-8-10-23(17)15-7-4-9-22(13-15)19(25)16-11-21-18(26-16)14-5-2-1-3-6-14;;/h1-3,5-6,11,15,20H,4,7-10,12-13H2;2*1H. The van der Waals surface area contributed by atoms with E-state index in [-0.39, 0.29) is 42.7 Å². The lowest BCUT2D eigenvalue weighted by molar-refractivity contribution is -0.135. The van der Waals surface area contributed by atoms with Gasteiger partial charge in [0, 0.05) is 37.8 Å². The van der Waals surface area contributed by atoms with Crippen molar-refractivity contribution in [3.63, 3.8) is 0 Å². The van der Waals surface area contributed by atoms with Crippen LogP contribution in [-0.2, 0) is 4.79 Å². The number of amides is 2. The molecule has 0 spiro atoms. The van der Waals surface area contributed by atoms with E-state index in [0.717, 1.165) is 43.0 Å². The van der Waals surface area contributed by atoms with Crippen molar-refractivity contribution in [1.29, 1.82) is 0 Å². The summed E-state index contributed by atoms with van der Waals surface area (Å²) in [4.78, 5) is 34.0.